The van der Waals surface area contributed by atoms with Crippen LogP contribution in [0.1, 0.15) is 48.9 Å². The number of aliphatic hydroxyl groups excluding tert-OH is 1. The highest BCUT2D eigenvalue weighted by molar-refractivity contribution is 5.80. The maximum Gasteiger partial charge on any atom is 0.305 e. The summed E-state index contributed by atoms with van der Waals surface area (Å²) in [5, 5.41) is 12.9. The SMILES string of the molecule is COC(=O)CCc1ccc(OCC(O)CNC(C)C)cc1.COc1ccc(CCN(C)CCCN2CCc3cc(OC)c(OC)cc3CC2=O)cc1OC. The van der Waals surface area contributed by atoms with E-state index in [1.54, 1.807) is 28.4 Å². The Morgan fingerprint density at radius 1 is 0.833 bits per heavy atom. The topological polar surface area (TPSA) is 128 Å². The first-order chi connectivity index (χ1) is 26.0. The van der Waals surface area contributed by atoms with Crippen LogP contribution in [0.4, 0.5) is 0 Å². The van der Waals surface area contributed by atoms with E-state index in [0.717, 1.165) is 73.6 Å². The number of carbonyl (C=O) groups is 2. The molecule has 4 rings (SSSR count). The second-order valence-electron chi connectivity index (χ2n) is 13.6. The molecule has 2 N–H and O–H groups in total. The van der Waals surface area contributed by atoms with Gasteiger partial charge in [0.2, 0.25) is 5.91 Å². The van der Waals surface area contributed by atoms with E-state index in [4.69, 9.17) is 23.7 Å². The number of esters is 1. The van der Waals surface area contributed by atoms with Crippen LogP contribution in [0.2, 0.25) is 0 Å². The van der Waals surface area contributed by atoms with E-state index >= 15 is 0 Å². The number of ether oxygens (including phenoxy) is 6. The zero-order valence-electron chi connectivity index (χ0n) is 33.4. The Labute approximate surface area is 321 Å². The molecule has 1 unspecified atom stereocenters. The molecule has 1 heterocycles. The number of hydrogen-bond acceptors (Lipinski definition) is 11. The molecule has 0 saturated carbocycles. The molecule has 3 aromatic rings. The smallest absolute Gasteiger partial charge is 0.305 e. The summed E-state index contributed by atoms with van der Waals surface area (Å²) in [6.07, 6.45) is 3.59. The first-order valence-corrected chi connectivity index (χ1v) is 18.6. The van der Waals surface area contributed by atoms with E-state index in [9.17, 15) is 14.7 Å². The molecule has 12 nitrogen and oxygen atoms in total. The molecule has 1 aliphatic heterocycles. The first kappa shape index (κ1) is 43.9. The number of hydrogen-bond donors (Lipinski definition) is 2. The summed E-state index contributed by atoms with van der Waals surface area (Å²) < 4.78 is 31.7. The van der Waals surface area contributed by atoms with Gasteiger partial charge in [0.05, 0.1) is 42.0 Å². The molecule has 12 heteroatoms. The number of benzene rings is 3. The fourth-order valence-corrected chi connectivity index (χ4v) is 5.98. The van der Waals surface area contributed by atoms with Crippen LogP contribution in [-0.2, 0) is 40.0 Å². The third kappa shape index (κ3) is 14.7. The van der Waals surface area contributed by atoms with Gasteiger partial charge in [0.15, 0.2) is 23.0 Å². The monoisotopic (exact) mass is 751 g/mol. The Morgan fingerprint density at radius 3 is 2.09 bits per heavy atom. The van der Waals surface area contributed by atoms with Gasteiger partial charge in [-0.2, -0.15) is 0 Å². The average Bonchev–Trinajstić information content (AvgIpc) is 3.34. The van der Waals surface area contributed by atoms with Crippen molar-refractivity contribution in [2.24, 2.45) is 0 Å². The number of nitrogens with one attached hydrogen (secondary N) is 1. The molecular formula is C42H61N3O9. The number of rotatable bonds is 20. The van der Waals surface area contributed by atoms with Crippen LogP contribution in [0.15, 0.2) is 54.6 Å². The summed E-state index contributed by atoms with van der Waals surface area (Å²) in [5.74, 6) is 3.57. The minimum Gasteiger partial charge on any atom is -0.493 e. The van der Waals surface area contributed by atoms with Gasteiger partial charge in [-0.15, -0.1) is 0 Å². The van der Waals surface area contributed by atoms with Gasteiger partial charge in [0.1, 0.15) is 18.5 Å². The number of carbonyl (C=O) groups excluding carboxylic acids is 2. The molecule has 0 aliphatic carbocycles. The summed E-state index contributed by atoms with van der Waals surface area (Å²) in [6.45, 7) is 8.19. The van der Waals surface area contributed by atoms with E-state index in [1.165, 1.54) is 12.7 Å². The highest BCUT2D eigenvalue weighted by atomic mass is 16.5. The van der Waals surface area contributed by atoms with Crippen molar-refractivity contribution in [2.45, 2.75) is 64.5 Å². The van der Waals surface area contributed by atoms with Crippen molar-refractivity contribution in [3.63, 3.8) is 0 Å². The van der Waals surface area contributed by atoms with E-state index in [-0.39, 0.29) is 18.5 Å². The quantitative estimate of drug-likeness (QED) is 0.156. The molecule has 54 heavy (non-hydrogen) atoms. The normalized spacial score (nSPS) is 13.0. The molecule has 0 aromatic heterocycles. The Hall–Kier alpha value is -4.52. The fourth-order valence-electron chi connectivity index (χ4n) is 5.98. The minimum atomic E-state index is -0.536. The second-order valence-corrected chi connectivity index (χ2v) is 13.6. The van der Waals surface area contributed by atoms with Gasteiger partial charge >= 0.3 is 5.97 Å². The summed E-state index contributed by atoms with van der Waals surface area (Å²) in [7, 11) is 10.1. The second kappa shape index (κ2) is 23.3. The van der Waals surface area contributed by atoms with Crippen LogP contribution in [0.25, 0.3) is 0 Å². The molecule has 298 valence electrons. The van der Waals surface area contributed by atoms with Crippen molar-refractivity contribution in [1.29, 1.82) is 0 Å². The maximum atomic E-state index is 12.8. The van der Waals surface area contributed by atoms with Gasteiger partial charge in [0.25, 0.3) is 0 Å². The molecule has 3 aromatic carbocycles. The number of aryl methyl sites for hydroxylation is 1. The van der Waals surface area contributed by atoms with E-state index < -0.39 is 6.10 Å². The maximum absolute atomic E-state index is 12.8. The van der Waals surface area contributed by atoms with E-state index in [2.05, 4.69) is 28.1 Å². The predicted octanol–water partition coefficient (Wildman–Crippen LogP) is 4.74. The number of amides is 1. The van der Waals surface area contributed by atoms with Gasteiger partial charge in [-0.1, -0.05) is 32.0 Å². The minimum absolute atomic E-state index is 0.175. The van der Waals surface area contributed by atoms with Crippen LogP contribution < -0.4 is 29.0 Å². The lowest BCUT2D eigenvalue weighted by Crippen LogP contribution is -2.35. The summed E-state index contributed by atoms with van der Waals surface area (Å²) in [6, 6.07) is 17.9. The molecule has 0 fully saturated rings. The van der Waals surface area contributed by atoms with E-state index in [0.29, 0.717) is 49.1 Å². The molecule has 0 saturated heterocycles. The van der Waals surface area contributed by atoms with Crippen molar-refractivity contribution < 1.29 is 43.1 Å². The molecule has 0 radical (unpaired) electrons. The van der Waals surface area contributed by atoms with Crippen LogP contribution >= 0.6 is 0 Å². The van der Waals surface area contributed by atoms with Crippen LogP contribution in [0.5, 0.6) is 28.7 Å². The number of fused-ring (bicyclic) bond motifs is 1. The number of methoxy groups -OCH3 is 5. The molecule has 0 bridgehead atoms. The lowest BCUT2D eigenvalue weighted by Gasteiger charge is -2.23. The van der Waals surface area contributed by atoms with Crippen molar-refractivity contribution in [3.05, 3.63) is 76.9 Å². The zero-order chi connectivity index (χ0) is 39.5. The number of likely N-dealkylation sites (N-methyl/N-ethyl adjacent to an activating group) is 1. The lowest BCUT2D eigenvalue weighted by molar-refractivity contribution is -0.140. The Bertz CT molecular complexity index is 1580. The number of nitrogens with zero attached hydrogens (tertiary/aromatic N) is 2. The van der Waals surface area contributed by atoms with Gasteiger partial charge in [-0.25, -0.2) is 0 Å². The van der Waals surface area contributed by atoms with Crippen LogP contribution in [0, 0.1) is 0 Å². The average molecular weight is 752 g/mol. The van der Waals surface area contributed by atoms with Gasteiger partial charge in [0, 0.05) is 38.6 Å². The van der Waals surface area contributed by atoms with Gasteiger partial charge in [-0.3, -0.25) is 9.59 Å². The van der Waals surface area contributed by atoms with Crippen LogP contribution in [-0.4, -0.2) is 121 Å². The predicted molar refractivity (Wildman–Crippen MR) is 210 cm³/mol. The summed E-state index contributed by atoms with van der Waals surface area (Å²) >= 11 is 0. The molecular weight excluding hydrogens is 690 g/mol. The third-order valence-electron chi connectivity index (χ3n) is 9.22. The van der Waals surface area contributed by atoms with E-state index in [1.807, 2.05) is 67.3 Å². The Morgan fingerprint density at radius 2 is 1.46 bits per heavy atom. The van der Waals surface area contributed by atoms with Crippen molar-refractivity contribution in [2.75, 3.05) is 81.9 Å². The van der Waals surface area contributed by atoms with Crippen molar-refractivity contribution in [3.8, 4) is 28.7 Å². The molecule has 1 atom stereocenters. The Kier molecular flexibility index (Phi) is 18.9. The molecule has 1 aliphatic rings. The fraction of sp³-hybridized carbons (Fsp3) is 0.524. The Balaban J connectivity index is 0.000000322. The molecule has 1 amide bonds. The van der Waals surface area contributed by atoms with Gasteiger partial charge < -0.3 is 48.6 Å². The number of aliphatic hydroxyl groups is 1. The largest absolute Gasteiger partial charge is 0.493 e. The van der Waals surface area contributed by atoms with Gasteiger partial charge in [-0.05, 0) is 97.9 Å². The zero-order valence-corrected chi connectivity index (χ0v) is 33.4. The van der Waals surface area contributed by atoms with Crippen LogP contribution in [0.3, 0.4) is 0 Å². The lowest BCUT2D eigenvalue weighted by atomic mass is 10.0. The third-order valence-corrected chi connectivity index (χ3v) is 9.22. The standard InChI is InChI=1S/C26H36N2O5.C16H25NO4/c1-27(13-9-19-7-8-22(30-2)23(15-19)31-3)11-6-12-28-14-10-20-16-24(32-4)25(33-5)17-21(20)18-26(28)29;1-12(2)17-10-14(18)11-21-15-7-4-13(5-8-15)6-9-16(19)20-3/h7-8,15-17H,6,9-14,18H2,1-5H3;4-5,7-8,12,14,17-18H,6,9-11H2,1-3H3. The molecule has 0 spiro atoms. The highest BCUT2D eigenvalue weighted by Crippen LogP contribution is 2.32. The van der Waals surface area contributed by atoms with Crippen molar-refractivity contribution in [1.82, 2.24) is 15.1 Å². The summed E-state index contributed by atoms with van der Waals surface area (Å²) in [4.78, 5) is 28.2. The van der Waals surface area contributed by atoms with Crippen molar-refractivity contribution >= 4 is 11.9 Å². The first-order valence-electron chi connectivity index (χ1n) is 18.6. The summed E-state index contributed by atoms with van der Waals surface area (Å²) in [5.41, 5.74) is 4.46. The highest BCUT2D eigenvalue weighted by Gasteiger charge is 2.22.